The van der Waals surface area contributed by atoms with Gasteiger partial charge in [-0.05, 0) is 32.0 Å². The second-order valence-corrected chi connectivity index (χ2v) is 7.83. The molecule has 0 saturated carbocycles. The van der Waals surface area contributed by atoms with E-state index < -0.39 is 11.7 Å². The lowest BCUT2D eigenvalue weighted by Gasteiger charge is -2.04. The summed E-state index contributed by atoms with van der Waals surface area (Å²) in [6.07, 6.45) is 1.53. The van der Waals surface area contributed by atoms with Gasteiger partial charge >= 0.3 is 0 Å². The molecule has 0 bridgehead atoms. The van der Waals surface area contributed by atoms with E-state index in [0.29, 0.717) is 15.6 Å². The highest BCUT2D eigenvalue weighted by Gasteiger charge is 2.16. The van der Waals surface area contributed by atoms with E-state index in [2.05, 4.69) is 30.8 Å². The van der Waals surface area contributed by atoms with Crippen LogP contribution in [0, 0.1) is 19.7 Å². The van der Waals surface area contributed by atoms with Gasteiger partial charge in [0.1, 0.15) is 15.8 Å². The topological polar surface area (TPSA) is 98.5 Å². The van der Waals surface area contributed by atoms with Crippen molar-refractivity contribution in [3.8, 4) is 16.3 Å². The molecule has 3 heterocycles. The molecule has 3 aromatic heterocycles. The summed E-state index contributed by atoms with van der Waals surface area (Å²) in [5.41, 5.74) is 3.03. The van der Waals surface area contributed by atoms with Crippen LogP contribution in [0.15, 0.2) is 36.5 Å². The maximum atomic E-state index is 13.6. The zero-order valence-corrected chi connectivity index (χ0v) is 17.5. The largest absolute Gasteiger partial charge is 0.344 e. The predicted octanol–water partition coefficient (Wildman–Crippen LogP) is 3.52. The lowest BCUT2D eigenvalue weighted by Crippen LogP contribution is -2.23. The van der Waals surface area contributed by atoms with E-state index in [9.17, 15) is 9.18 Å². The number of halogens is 2. The maximum absolute atomic E-state index is 13.6. The van der Waals surface area contributed by atoms with Gasteiger partial charge < -0.3 is 5.32 Å². The Kier molecular flexibility index (Phi) is 5.51. The van der Waals surface area contributed by atoms with Crippen LogP contribution in [0.2, 0.25) is 5.02 Å². The van der Waals surface area contributed by atoms with Gasteiger partial charge in [-0.2, -0.15) is 0 Å². The van der Waals surface area contributed by atoms with E-state index in [1.54, 1.807) is 12.1 Å². The number of nitrogens with one attached hydrogen (secondary N) is 1. The Morgan fingerprint density at radius 1 is 1.20 bits per heavy atom. The molecule has 4 rings (SSSR count). The molecule has 0 unspecified atom stereocenters. The van der Waals surface area contributed by atoms with Gasteiger partial charge in [0.15, 0.2) is 5.69 Å². The van der Waals surface area contributed by atoms with E-state index >= 15 is 0 Å². The Balaban J connectivity index is 1.44. The Bertz CT molecular complexity index is 1240. The van der Waals surface area contributed by atoms with Crippen LogP contribution in [0.3, 0.4) is 0 Å². The molecule has 30 heavy (non-hydrogen) atoms. The number of nitrogens with zero attached hydrogens (tertiary/aromatic N) is 6. The Morgan fingerprint density at radius 3 is 2.83 bits per heavy atom. The summed E-state index contributed by atoms with van der Waals surface area (Å²) in [4.78, 5) is 16.8. The smallest absolute Gasteiger partial charge is 0.273 e. The van der Waals surface area contributed by atoms with Crippen LogP contribution in [-0.4, -0.2) is 36.1 Å². The van der Waals surface area contributed by atoms with Crippen molar-refractivity contribution in [1.82, 2.24) is 35.5 Å². The van der Waals surface area contributed by atoms with Crippen LogP contribution < -0.4 is 5.32 Å². The van der Waals surface area contributed by atoms with Crippen molar-refractivity contribution in [3.63, 3.8) is 0 Å². The van der Waals surface area contributed by atoms with Crippen LogP contribution in [0.5, 0.6) is 0 Å². The van der Waals surface area contributed by atoms with Gasteiger partial charge in [0.25, 0.3) is 5.91 Å². The van der Waals surface area contributed by atoms with Gasteiger partial charge in [0.2, 0.25) is 0 Å². The van der Waals surface area contributed by atoms with E-state index in [4.69, 9.17) is 11.6 Å². The predicted molar refractivity (Wildman–Crippen MR) is 110 cm³/mol. The van der Waals surface area contributed by atoms with Crippen LogP contribution >= 0.6 is 22.9 Å². The van der Waals surface area contributed by atoms with Crippen molar-refractivity contribution in [2.45, 2.75) is 20.4 Å². The Labute approximate surface area is 179 Å². The van der Waals surface area contributed by atoms with Crippen molar-refractivity contribution < 1.29 is 9.18 Å². The molecular formula is C19H15ClFN7OS. The number of benzene rings is 1. The fraction of sp³-hybridized carbons (Fsp3) is 0.158. The summed E-state index contributed by atoms with van der Waals surface area (Å²) >= 11 is 7.20. The zero-order valence-electron chi connectivity index (χ0n) is 15.9. The van der Waals surface area contributed by atoms with Gasteiger partial charge in [-0.15, -0.1) is 15.3 Å². The van der Waals surface area contributed by atoms with Gasteiger partial charge in [-0.1, -0.05) is 40.3 Å². The molecular weight excluding hydrogens is 429 g/mol. The van der Waals surface area contributed by atoms with Gasteiger partial charge in [0.05, 0.1) is 29.1 Å². The van der Waals surface area contributed by atoms with E-state index in [1.807, 2.05) is 26.0 Å². The molecule has 0 aliphatic rings. The lowest BCUT2D eigenvalue weighted by molar-refractivity contribution is 0.0945. The fourth-order valence-corrected chi connectivity index (χ4v) is 3.84. The lowest BCUT2D eigenvalue weighted by atomic mass is 10.2. The first-order chi connectivity index (χ1) is 14.4. The minimum atomic E-state index is -0.527. The molecule has 0 atom stereocenters. The number of pyridine rings is 1. The standard InChI is InChI=1S/C19H15ClFN7OS/c1-10-6-7-15(11(2)23-10)28-9-14(24-27-28)18(29)22-8-16-25-26-19(30-16)12-4-3-5-13(21)17(12)20/h3-7,9H,8H2,1-2H3,(H,22,29). The van der Waals surface area contributed by atoms with Gasteiger partial charge in [0, 0.05) is 11.3 Å². The number of carbonyl (C=O) groups is 1. The highest BCUT2D eigenvalue weighted by Crippen LogP contribution is 2.31. The van der Waals surface area contributed by atoms with Crippen molar-refractivity contribution in [3.05, 3.63) is 69.5 Å². The molecule has 0 spiro atoms. The average molecular weight is 444 g/mol. The highest BCUT2D eigenvalue weighted by molar-refractivity contribution is 7.14. The van der Waals surface area contributed by atoms with Crippen LogP contribution in [0.4, 0.5) is 4.39 Å². The van der Waals surface area contributed by atoms with Crippen molar-refractivity contribution in [1.29, 1.82) is 0 Å². The summed E-state index contributed by atoms with van der Waals surface area (Å²) < 4.78 is 15.1. The summed E-state index contributed by atoms with van der Waals surface area (Å²) in [7, 11) is 0. The van der Waals surface area contributed by atoms with Crippen LogP contribution in [0.1, 0.15) is 26.9 Å². The minimum Gasteiger partial charge on any atom is -0.344 e. The first-order valence-corrected chi connectivity index (χ1v) is 10.0. The molecule has 4 aromatic rings. The van der Waals surface area contributed by atoms with E-state index in [1.165, 1.54) is 28.3 Å². The van der Waals surface area contributed by atoms with E-state index in [-0.39, 0.29) is 17.3 Å². The summed E-state index contributed by atoms with van der Waals surface area (Å²) in [5.74, 6) is -0.930. The van der Waals surface area contributed by atoms with Crippen molar-refractivity contribution >= 4 is 28.8 Å². The SMILES string of the molecule is Cc1ccc(-n2cc(C(=O)NCc3nnc(-c4cccc(F)c4Cl)s3)nn2)c(C)n1. The number of amides is 1. The molecule has 152 valence electrons. The van der Waals surface area contributed by atoms with Crippen LogP contribution in [-0.2, 0) is 6.54 Å². The fourth-order valence-electron chi connectivity index (χ4n) is 2.76. The first-order valence-electron chi connectivity index (χ1n) is 8.84. The molecule has 0 radical (unpaired) electrons. The van der Waals surface area contributed by atoms with Crippen LogP contribution in [0.25, 0.3) is 16.3 Å². The molecule has 1 aromatic carbocycles. The summed E-state index contributed by atoms with van der Waals surface area (Å²) in [6.45, 7) is 3.90. The van der Waals surface area contributed by atoms with Crippen molar-refractivity contribution in [2.24, 2.45) is 0 Å². The third-order valence-electron chi connectivity index (χ3n) is 4.22. The molecule has 0 aliphatic heterocycles. The average Bonchev–Trinajstić information content (AvgIpc) is 3.38. The van der Waals surface area contributed by atoms with E-state index in [0.717, 1.165) is 17.1 Å². The van der Waals surface area contributed by atoms with Gasteiger partial charge in [-0.3, -0.25) is 9.78 Å². The molecule has 0 aliphatic carbocycles. The third kappa shape index (κ3) is 4.05. The quantitative estimate of drug-likeness (QED) is 0.506. The Morgan fingerprint density at radius 2 is 2.03 bits per heavy atom. The second-order valence-electron chi connectivity index (χ2n) is 6.39. The maximum Gasteiger partial charge on any atom is 0.273 e. The number of hydrogen-bond donors (Lipinski definition) is 1. The van der Waals surface area contributed by atoms with Gasteiger partial charge in [-0.25, -0.2) is 9.07 Å². The number of carbonyl (C=O) groups excluding carboxylic acids is 1. The molecule has 0 fully saturated rings. The molecule has 8 nitrogen and oxygen atoms in total. The summed E-state index contributed by atoms with van der Waals surface area (Å²) in [6, 6.07) is 8.22. The number of rotatable bonds is 5. The first kappa shape index (κ1) is 20.0. The minimum absolute atomic E-state index is 0.0123. The second kappa shape index (κ2) is 8.25. The zero-order chi connectivity index (χ0) is 21.3. The normalized spacial score (nSPS) is 10.9. The summed E-state index contributed by atoms with van der Waals surface area (Å²) in [5, 5.41) is 19.7. The van der Waals surface area contributed by atoms with Crippen molar-refractivity contribution in [2.75, 3.05) is 0 Å². The number of aromatic nitrogens is 6. The molecule has 0 saturated heterocycles. The molecule has 1 N–H and O–H groups in total. The third-order valence-corrected chi connectivity index (χ3v) is 5.56. The Hall–Kier alpha value is -3.24. The number of hydrogen-bond acceptors (Lipinski definition) is 7. The highest BCUT2D eigenvalue weighted by atomic mass is 35.5. The number of aryl methyl sites for hydroxylation is 2. The monoisotopic (exact) mass is 443 g/mol. The molecule has 1 amide bonds. The molecule has 11 heteroatoms.